The van der Waals surface area contributed by atoms with Crippen molar-refractivity contribution in [1.29, 1.82) is 0 Å². The highest BCUT2D eigenvalue weighted by atomic mass is 32.2. The van der Waals surface area contributed by atoms with Crippen molar-refractivity contribution < 1.29 is 4.79 Å². The highest BCUT2D eigenvalue weighted by Crippen LogP contribution is 2.46. The molecule has 29 heavy (non-hydrogen) atoms. The van der Waals surface area contributed by atoms with Gasteiger partial charge in [-0.15, -0.1) is 11.8 Å². The van der Waals surface area contributed by atoms with Crippen LogP contribution in [-0.4, -0.2) is 28.9 Å². The molecule has 2 aliphatic rings. The second-order valence-electron chi connectivity index (χ2n) is 8.61. The zero-order valence-corrected chi connectivity index (χ0v) is 17.8. The van der Waals surface area contributed by atoms with Crippen molar-refractivity contribution in [1.82, 2.24) is 9.88 Å². The molecular formula is C25H26N2OS. The molecule has 1 fully saturated rings. The predicted octanol–water partition coefficient (Wildman–Crippen LogP) is 5.35. The van der Waals surface area contributed by atoms with E-state index in [1.165, 1.54) is 26.8 Å². The van der Waals surface area contributed by atoms with E-state index in [-0.39, 0.29) is 5.41 Å². The smallest absolute Gasteiger partial charge is 0.222 e. The molecule has 0 bridgehead atoms. The van der Waals surface area contributed by atoms with Gasteiger partial charge in [0.15, 0.2) is 0 Å². The first kappa shape index (κ1) is 18.7. The molecule has 2 heterocycles. The molecule has 1 saturated heterocycles. The summed E-state index contributed by atoms with van der Waals surface area (Å²) in [4.78, 5) is 20.1. The largest absolute Gasteiger partial charge is 0.342 e. The van der Waals surface area contributed by atoms with Gasteiger partial charge in [0.1, 0.15) is 0 Å². The van der Waals surface area contributed by atoms with Gasteiger partial charge in [-0.2, -0.15) is 0 Å². The van der Waals surface area contributed by atoms with E-state index < -0.39 is 0 Å². The number of carbonyl (C=O) groups excluding carboxylic acids is 1. The average molecular weight is 403 g/mol. The molecule has 5 rings (SSSR count). The molecule has 1 amide bonds. The van der Waals surface area contributed by atoms with Gasteiger partial charge in [0, 0.05) is 47.2 Å². The highest BCUT2D eigenvalue weighted by Gasteiger charge is 2.46. The SMILES string of the molecule is CN1C(=O)CC[C@]2(C)c3ccc(SCc4cc5ccccc5cn4)cc3CC[C@@H]12. The number of carbonyl (C=O) groups is 1. The first-order chi connectivity index (χ1) is 14.0. The van der Waals surface area contributed by atoms with Gasteiger partial charge in [-0.3, -0.25) is 9.78 Å². The average Bonchev–Trinajstić information content (AvgIpc) is 2.75. The monoisotopic (exact) mass is 402 g/mol. The number of hydrogen-bond donors (Lipinski definition) is 0. The van der Waals surface area contributed by atoms with Crippen LogP contribution < -0.4 is 0 Å². The summed E-state index contributed by atoms with van der Waals surface area (Å²) in [7, 11) is 1.98. The molecule has 0 radical (unpaired) electrons. The van der Waals surface area contributed by atoms with E-state index in [2.05, 4.69) is 60.4 Å². The molecule has 0 spiro atoms. The summed E-state index contributed by atoms with van der Waals surface area (Å²) in [6, 6.07) is 17.9. The van der Waals surface area contributed by atoms with Crippen LogP contribution in [0.25, 0.3) is 10.8 Å². The number of hydrogen-bond acceptors (Lipinski definition) is 3. The van der Waals surface area contributed by atoms with Crippen molar-refractivity contribution in [3.05, 3.63) is 71.5 Å². The van der Waals surface area contributed by atoms with E-state index in [1.807, 2.05) is 29.9 Å². The Bertz CT molecular complexity index is 1100. The summed E-state index contributed by atoms with van der Waals surface area (Å²) in [5, 5.41) is 2.44. The maximum Gasteiger partial charge on any atom is 0.222 e. The number of piperidine rings is 1. The number of nitrogens with zero attached hydrogens (tertiary/aromatic N) is 2. The zero-order valence-electron chi connectivity index (χ0n) is 17.0. The van der Waals surface area contributed by atoms with Gasteiger partial charge >= 0.3 is 0 Å². The first-order valence-corrected chi connectivity index (χ1v) is 11.4. The van der Waals surface area contributed by atoms with E-state index >= 15 is 0 Å². The minimum Gasteiger partial charge on any atom is -0.342 e. The molecule has 1 aliphatic heterocycles. The first-order valence-electron chi connectivity index (χ1n) is 10.4. The Labute approximate surface area is 176 Å². The summed E-state index contributed by atoms with van der Waals surface area (Å²) in [6.45, 7) is 2.35. The molecule has 0 N–H and O–H groups in total. The zero-order chi connectivity index (χ0) is 20.0. The maximum absolute atomic E-state index is 12.2. The van der Waals surface area contributed by atoms with E-state index in [4.69, 9.17) is 0 Å². The minimum absolute atomic E-state index is 0.0827. The van der Waals surface area contributed by atoms with Crippen LogP contribution >= 0.6 is 11.8 Å². The highest BCUT2D eigenvalue weighted by molar-refractivity contribution is 7.98. The fraction of sp³-hybridized carbons (Fsp3) is 0.360. The Hall–Kier alpha value is -2.33. The molecule has 0 unspecified atom stereocenters. The molecule has 4 heteroatoms. The lowest BCUT2D eigenvalue weighted by Gasteiger charge is -2.50. The molecule has 0 saturated carbocycles. The van der Waals surface area contributed by atoms with Gasteiger partial charge in [-0.05, 0) is 54.0 Å². The van der Waals surface area contributed by atoms with Crippen LogP contribution in [0.15, 0.2) is 59.6 Å². The van der Waals surface area contributed by atoms with E-state index in [0.717, 1.165) is 30.7 Å². The quantitative estimate of drug-likeness (QED) is 0.554. The fourth-order valence-corrected chi connectivity index (χ4v) is 6.08. The Morgan fingerprint density at radius 1 is 1.14 bits per heavy atom. The number of aromatic nitrogens is 1. The Kier molecular flexibility index (Phi) is 4.62. The molecule has 3 nitrogen and oxygen atoms in total. The second-order valence-corrected chi connectivity index (χ2v) is 9.66. The number of thioether (sulfide) groups is 1. The number of pyridine rings is 1. The summed E-state index contributed by atoms with van der Waals surface area (Å²) in [5.74, 6) is 1.17. The number of aryl methyl sites for hydroxylation is 1. The third kappa shape index (κ3) is 3.24. The molecular weight excluding hydrogens is 376 g/mol. The van der Waals surface area contributed by atoms with Crippen molar-refractivity contribution >= 4 is 28.4 Å². The number of benzene rings is 2. The third-order valence-electron chi connectivity index (χ3n) is 6.91. The number of likely N-dealkylation sites (tertiary alicyclic amines) is 1. The fourth-order valence-electron chi connectivity index (χ4n) is 5.22. The lowest BCUT2D eigenvalue weighted by molar-refractivity contribution is -0.138. The van der Waals surface area contributed by atoms with Crippen molar-refractivity contribution in [2.24, 2.45) is 0 Å². The van der Waals surface area contributed by atoms with Crippen LogP contribution in [0, 0.1) is 0 Å². The second kappa shape index (κ2) is 7.17. The summed E-state index contributed by atoms with van der Waals surface area (Å²) in [6.07, 6.45) is 5.70. The van der Waals surface area contributed by atoms with E-state index in [9.17, 15) is 4.79 Å². The number of likely N-dealkylation sites (N-methyl/N-ethyl adjacent to an activating group) is 1. The van der Waals surface area contributed by atoms with Crippen molar-refractivity contribution in [3.63, 3.8) is 0 Å². The van der Waals surface area contributed by atoms with Crippen LogP contribution in [0.5, 0.6) is 0 Å². The van der Waals surface area contributed by atoms with Crippen LogP contribution in [0.4, 0.5) is 0 Å². The lowest BCUT2D eigenvalue weighted by atomic mass is 9.63. The third-order valence-corrected chi connectivity index (χ3v) is 7.94. The minimum atomic E-state index is 0.0827. The molecule has 148 valence electrons. The van der Waals surface area contributed by atoms with Gasteiger partial charge in [0.25, 0.3) is 0 Å². The Morgan fingerprint density at radius 2 is 1.97 bits per heavy atom. The van der Waals surface area contributed by atoms with E-state index in [1.54, 1.807) is 0 Å². The van der Waals surface area contributed by atoms with Crippen LogP contribution in [0.1, 0.15) is 43.0 Å². The van der Waals surface area contributed by atoms with Crippen LogP contribution in [-0.2, 0) is 22.4 Å². The summed E-state index contributed by atoms with van der Waals surface area (Å²) >= 11 is 1.86. The van der Waals surface area contributed by atoms with Crippen LogP contribution in [0.2, 0.25) is 0 Å². The summed E-state index contributed by atoms with van der Waals surface area (Å²) < 4.78 is 0. The van der Waals surface area contributed by atoms with Gasteiger partial charge in [0.2, 0.25) is 5.91 Å². The van der Waals surface area contributed by atoms with Gasteiger partial charge < -0.3 is 4.90 Å². The molecule has 1 aromatic heterocycles. The van der Waals surface area contributed by atoms with Crippen molar-refractivity contribution in [2.75, 3.05) is 7.05 Å². The van der Waals surface area contributed by atoms with Crippen molar-refractivity contribution in [2.45, 2.75) is 54.7 Å². The maximum atomic E-state index is 12.2. The Balaban J connectivity index is 1.36. The molecule has 3 aromatic rings. The van der Waals surface area contributed by atoms with Crippen LogP contribution in [0.3, 0.4) is 0 Å². The standard InChI is InChI=1S/C25H26N2OS/c1-25-12-11-24(28)27(2)23(25)10-7-18-14-21(8-9-22(18)25)29-16-20-13-17-5-3-4-6-19(17)15-26-20/h3-6,8-9,13-15,23H,7,10-12,16H2,1-2H3/t23-,25-/m1/s1. The Morgan fingerprint density at radius 3 is 2.83 bits per heavy atom. The topological polar surface area (TPSA) is 33.2 Å². The summed E-state index contributed by atoms with van der Waals surface area (Å²) in [5.41, 5.74) is 4.11. The van der Waals surface area contributed by atoms with E-state index in [0.29, 0.717) is 18.4 Å². The van der Waals surface area contributed by atoms with Crippen molar-refractivity contribution in [3.8, 4) is 0 Å². The molecule has 1 aliphatic carbocycles. The number of rotatable bonds is 3. The normalized spacial score (nSPS) is 23.7. The number of amides is 1. The number of fused-ring (bicyclic) bond motifs is 4. The van der Waals surface area contributed by atoms with Gasteiger partial charge in [0.05, 0.1) is 5.69 Å². The van der Waals surface area contributed by atoms with Gasteiger partial charge in [-0.25, -0.2) is 0 Å². The molecule has 2 atom stereocenters. The van der Waals surface area contributed by atoms with Gasteiger partial charge in [-0.1, -0.05) is 37.3 Å². The molecule has 2 aromatic carbocycles. The predicted molar refractivity (Wildman–Crippen MR) is 119 cm³/mol. The lowest BCUT2D eigenvalue weighted by Crippen LogP contribution is -2.56.